The lowest BCUT2D eigenvalue weighted by atomic mass is 10.3. The van der Waals surface area contributed by atoms with Crippen LogP contribution in [0.25, 0.3) is 0 Å². The molecule has 0 spiro atoms. The van der Waals surface area contributed by atoms with Crippen molar-refractivity contribution in [1.29, 1.82) is 0 Å². The van der Waals surface area contributed by atoms with E-state index >= 15 is 0 Å². The van der Waals surface area contributed by atoms with E-state index in [-0.39, 0.29) is 11.7 Å². The summed E-state index contributed by atoms with van der Waals surface area (Å²) in [6, 6.07) is 11.7. The Balaban J connectivity index is 1.85. The van der Waals surface area contributed by atoms with Crippen molar-refractivity contribution in [2.75, 3.05) is 11.9 Å². The third-order valence-corrected chi connectivity index (χ3v) is 3.69. The van der Waals surface area contributed by atoms with Crippen molar-refractivity contribution in [3.8, 4) is 5.75 Å². The van der Waals surface area contributed by atoms with Gasteiger partial charge in [-0.1, -0.05) is 46.9 Å². The number of rotatable bonds is 4. The Morgan fingerprint density at radius 3 is 2.52 bits per heavy atom. The number of halogens is 3. The minimum absolute atomic E-state index is 0.0991. The monoisotopic (exact) mass is 388 g/mol. The summed E-state index contributed by atoms with van der Waals surface area (Å²) in [7, 11) is 0. The van der Waals surface area contributed by atoms with Gasteiger partial charge in [0, 0.05) is 5.02 Å². The molecule has 0 saturated carbocycles. The van der Waals surface area contributed by atoms with Gasteiger partial charge in [-0.3, -0.25) is 10.1 Å². The molecule has 0 bridgehead atoms. The van der Waals surface area contributed by atoms with Crippen LogP contribution in [0.5, 0.6) is 5.75 Å². The van der Waals surface area contributed by atoms with E-state index in [4.69, 9.17) is 51.8 Å². The van der Waals surface area contributed by atoms with Gasteiger partial charge in [0.05, 0.1) is 15.7 Å². The number of hydrogen-bond acceptors (Lipinski definition) is 3. The van der Waals surface area contributed by atoms with Crippen LogP contribution in [0.1, 0.15) is 0 Å². The largest absolute Gasteiger partial charge is 0.482 e. The molecule has 1 amide bonds. The van der Waals surface area contributed by atoms with Crippen LogP contribution in [0.15, 0.2) is 42.5 Å². The molecule has 0 heterocycles. The van der Waals surface area contributed by atoms with Crippen LogP contribution in [-0.2, 0) is 4.79 Å². The molecule has 0 aliphatic rings. The number of benzene rings is 2. The van der Waals surface area contributed by atoms with Gasteiger partial charge in [-0.2, -0.15) is 0 Å². The molecule has 0 unspecified atom stereocenters. The molecular formula is C15H11Cl3N2O2S. The summed E-state index contributed by atoms with van der Waals surface area (Å²) < 4.78 is 5.31. The number of carbonyl (C=O) groups is 1. The zero-order chi connectivity index (χ0) is 16.8. The number of nitrogens with one attached hydrogen (secondary N) is 2. The van der Waals surface area contributed by atoms with Crippen molar-refractivity contribution in [2.24, 2.45) is 0 Å². The summed E-state index contributed by atoms with van der Waals surface area (Å²) in [5.74, 6) is -0.00329. The number of ether oxygens (including phenoxy) is 1. The smallest absolute Gasteiger partial charge is 0.264 e. The highest BCUT2D eigenvalue weighted by Crippen LogP contribution is 2.25. The van der Waals surface area contributed by atoms with E-state index in [0.717, 1.165) is 0 Å². The summed E-state index contributed by atoms with van der Waals surface area (Å²) in [5, 5.41) is 6.70. The van der Waals surface area contributed by atoms with E-state index < -0.39 is 5.91 Å². The van der Waals surface area contributed by atoms with Gasteiger partial charge in [0.25, 0.3) is 5.91 Å². The maximum absolute atomic E-state index is 11.8. The Morgan fingerprint density at radius 2 is 1.83 bits per heavy atom. The molecule has 0 saturated heterocycles. The molecule has 0 aromatic heterocycles. The van der Waals surface area contributed by atoms with Crippen LogP contribution in [0, 0.1) is 0 Å². The predicted octanol–water partition coefficient (Wildman–Crippen LogP) is 4.54. The molecule has 0 aliphatic heterocycles. The second-order valence-electron chi connectivity index (χ2n) is 4.35. The summed E-state index contributed by atoms with van der Waals surface area (Å²) in [5.41, 5.74) is 0.536. The quantitative estimate of drug-likeness (QED) is 0.754. The van der Waals surface area contributed by atoms with Gasteiger partial charge >= 0.3 is 0 Å². The predicted molar refractivity (Wildman–Crippen MR) is 97.8 cm³/mol. The average molecular weight is 390 g/mol. The lowest BCUT2D eigenvalue weighted by Crippen LogP contribution is -2.37. The minimum atomic E-state index is -0.424. The minimum Gasteiger partial charge on any atom is -0.482 e. The zero-order valence-electron chi connectivity index (χ0n) is 11.6. The first-order valence-electron chi connectivity index (χ1n) is 6.39. The Kier molecular flexibility index (Phi) is 6.47. The van der Waals surface area contributed by atoms with Crippen molar-refractivity contribution in [3.63, 3.8) is 0 Å². The highest BCUT2D eigenvalue weighted by atomic mass is 35.5. The van der Waals surface area contributed by atoms with Gasteiger partial charge < -0.3 is 10.1 Å². The Bertz CT molecular complexity index is 740. The van der Waals surface area contributed by atoms with Crippen LogP contribution in [0.4, 0.5) is 5.69 Å². The standard InChI is InChI=1S/C15H11Cl3N2O2S/c16-9-5-6-12(11(18)7-9)19-15(23)20-14(21)8-22-13-4-2-1-3-10(13)17/h1-7H,8H2,(H2,19,20,21,23). The molecule has 2 aromatic carbocycles. The first-order chi connectivity index (χ1) is 11.0. The topological polar surface area (TPSA) is 50.4 Å². The van der Waals surface area contributed by atoms with Crippen LogP contribution in [0.3, 0.4) is 0 Å². The van der Waals surface area contributed by atoms with Crippen molar-refractivity contribution >= 4 is 63.7 Å². The maximum Gasteiger partial charge on any atom is 0.264 e. The van der Waals surface area contributed by atoms with Crippen LogP contribution >= 0.6 is 47.0 Å². The number of amides is 1. The second-order valence-corrected chi connectivity index (χ2v) is 6.00. The number of para-hydroxylation sites is 1. The number of carbonyl (C=O) groups excluding carboxylic acids is 1. The fourth-order valence-corrected chi connectivity index (χ4v) is 2.48. The van der Waals surface area contributed by atoms with Crippen LogP contribution in [0.2, 0.25) is 15.1 Å². The highest BCUT2D eigenvalue weighted by Gasteiger charge is 2.09. The van der Waals surface area contributed by atoms with Gasteiger partial charge in [0.15, 0.2) is 11.7 Å². The average Bonchev–Trinajstić information content (AvgIpc) is 2.49. The van der Waals surface area contributed by atoms with E-state index in [0.29, 0.717) is 26.5 Å². The molecule has 0 fully saturated rings. The van der Waals surface area contributed by atoms with E-state index in [2.05, 4.69) is 10.6 Å². The first kappa shape index (κ1) is 17.8. The molecule has 0 radical (unpaired) electrons. The summed E-state index contributed by atoms with van der Waals surface area (Å²) in [6.07, 6.45) is 0. The molecule has 8 heteroatoms. The molecule has 2 N–H and O–H groups in total. The third kappa shape index (κ3) is 5.55. The number of thiocarbonyl (C=S) groups is 1. The van der Waals surface area contributed by atoms with Gasteiger partial charge in [-0.25, -0.2) is 0 Å². The number of anilines is 1. The Morgan fingerprint density at radius 1 is 1.09 bits per heavy atom. The van der Waals surface area contributed by atoms with E-state index in [1.165, 1.54) is 0 Å². The van der Waals surface area contributed by atoms with Gasteiger partial charge in [-0.05, 0) is 42.5 Å². The van der Waals surface area contributed by atoms with E-state index in [1.54, 1.807) is 42.5 Å². The molecule has 4 nitrogen and oxygen atoms in total. The fourth-order valence-electron chi connectivity index (χ4n) is 1.61. The lowest BCUT2D eigenvalue weighted by Gasteiger charge is -2.12. The normalized spacial score (nSPS) is 10.0. The van der Waals surface area contributed by atoms with Crippen molar-refractivity contribution in [1.82, 2.24) is 5.32 Å². The Labute approximate surface area is 153 Å². The van der Waals surface area contributed by atoms with Crippen molar-refractivity contribution in [2.45, 2.75) is 0 Å². The first-order valence-corrected chi connectivity index (χ1v) is 7.93. The molecule has 0 aliphatic carbocycles. The fraction of sp³-hybridized carbons (Fsp3) is 0.0667. The zero-order valence-corrected chi connectivity index (χ0v) is 14.7. The summed E-state index contributed by atoms with van der Waals surface area (Å²) >= 11 is 22.8. The Hall–Kier alpha value is -1.53. The third-order valence-electron chi connectivity index (χ3n) is 2.63. The van der Waals surface area contributed by atoms with Gasteiger partial charge in [-0.15, -0.1) is 0 Å². The van der Waals surface area contributed by atoms with Gasteiger partial charge in [0.2, 0.25) is 0 Å². The highest BCUT2D eigenvalue weighted by molar-refractivity contribution is 7.80. The van der Waals surface area contributed by atoms with E-state index in [1.807, 2.05) is 0 Å². The molecule has 2 aromatic rings. The van der Waals surface area contributed by atoms with Gasteiger partial charge in [0.1, 0.15) is 5.75 Å². The van der Waals surface area contributed by atoms with Crippen molar-refractivity contribution < 1.29 is 9.53 Å². The van der Waals surface area contributed by atoms with Crippen molar-refractivity contribution in [3.05, 3.63) is 57.5 Å². The van der Waals surface area contributed by atoms with E-state index in [9.17, 15) is 4.79 Å². The summed E-state index contributed by atoms with van der Waals surface area (Å²) in [6.45, 7) is -0.222. The molecule has 2 rings (SSSR count). The number of hydrogen-bond donors (Lipinski definition) is 2. The molecular weight excluding hydrogens is 379 g/mol. The second kappa shape index (κ2) is 8.36. The lowest BCUT2D eigenvalue weighted by molar-refractivity contribution is -0.121. The molecule has 0 atom stereocenters. The maximum atomic E-state index is 11.8. The molecule has 23 heavy (non-hydrogen) atoms. The van der Waals surface area contributed by atoms with Crippen LogP contribution in [-0.4, -0.2) is 17.6 Å². The molecule has 120 valence electrons. The van der Waals surface area contributed by atoms with Crippen LogP contribution < -0.4 is 15.4 Å². The SMILES string of the molecule is O=C(COc1ccccc1Cl)NC(=S)Nc1ccc(Cl)cc1Cl. The summed E-state index contributed by atoms with van der Waals surface area (Å²) in [4.78, 5) is 11.8.